The third-order valence-electron chi connectivity index (χ3n) is 7.46. The first-order chi connectivity index (χ1) is 19.6. The van der Waals surface area contributed by atoms with Crippen molar-refractivity contribution in [1.29, 1.82) is 0 Å². The van der Waals surface area contributed by atoms with Crippen LogP contribution in [-0.2, 0) is 9.59 Å². The molecule has 214 valence electrons. The number of ether oxygens (including phenoxy) is 1. The van der Waals surface area contributed by atoms with Gasteiger partial charge in [-0.05, 0) is 75.8 Å². The highest BCUT2D eigenvalue weighted by molar-refractivity contribution is 6.16. The van der Waals surface area contributed by atoms with Crippen LogP contribution in [0.4, 0.5) is 30.8 Å². The van der Waals surface area contributed by atoms with E-state index in [-0.39, 0.29) is 41.8 Å². The summed E-state index contributed by atoms with van der Waals surface area (Å²) in [7, 11) is 3.96. The Morgan fingerprint density at radius 1 is 1.05 bits per heavy atom. The van der Waals surface area contributed by atoms with Crippen molar-refractivity contribution in [3.8, 4) is 11.5 Å². The number of nitrogens with two attached hydrogens (primary N) is 1. The lowest BCUT2D eigenvalue weighted by molar-refractivity contribution is -0.133. The van der Waals surface area contributed by atoms with Crippen LogP contribution in [0.1, 0.15) is 19.3 Å². The Morgan fingerprint density at radius 3 is 2.37 bits per heavy atom. The van der Waals surface area contributed by atoms with Gasteiger partial charge in [-0.1, -0.05) is 0 Å². The largest absolute Gasteiger partial charge is 0.457 e. The van der Waals surface area contributed by atoms with Gasteiger partial charge in [0.1, 0.15) is 28.5 Å². The van der Waals surface area contributed by atoms with Crippen LogP contribution in [0.15, 0.2) is 60.8 Å². The van der Waals surface area contributed by atoms with E-state index in [2.05, 4.69) is 15.2 Å². The zero-order chi connectivity index (χ0) is 29.3. The van der Waals surface area contributed by atoms with Gasteiger partial charge in [-0.25, -0.2) is 18.6 Å². The number of benzene rings is 2. The quantitative estimate of drug-likeness (QED) is 0.395. The molecule has 0 unspecified atom stereocenters. The second kappa shape index (κ2) is 11.1. The predicted molar refractivity (Wildman–Crippen MR) is 148 cm³/mol. The van der Waals surface area contributed by atoms with Crippen LogP contribution in [0.2, 0.25) is 0 Å². The number of hydrogen-bond acceptors (Lipinski definition) is 6. The van der Waals surface area contributed by atoms with Crippen LogP contribution in [0.5, 0.6) is 11.5 Å². The number of halogens is 2. The van der Waals surface area contributed by atoms with E-state index >= 15 is 4.39 Å². The Labute approximate surface area is 235 Å². The van der Waals surface area contributed by atoms with Gasteiger partial charge in [0.05, 0.1) is 5.69 Å². The predicted octanol–water partition coefficient (Wildman–Crippen LogP) is 4.25. The third-order valence-corrected chi connectivity index (χ3v) is 7.46. The Kier molecular flexibility index (Phi) is 7.59. The first-order valence-electron chi connectivity index (χ1n) is 13.1. The molecule has 3 N–H and O–H groups in total. The van der Waals surface area contributed by atoms with Gasteiger partial charge < -0.3 is 20.3 Å². The summed E-state index contributed by atoms with van der Waals surface area (Å²) in [6.07, 6.45) is 2.83. The van der Waals surface area contributed by atoms with Crippen molar-refractivity contribution in [3.05, 3.63) is 72.4 Å². The summed E-state index contributed by atoms with van der Waals surface area (Å²) in [5.41, 5.74) is 4.10. The smallest absolute Gasteiger partial charge is 0.323 e. The van der Waals surface area contributed by atoms with E-state index in [1.165, 1.54) is 36.5 Å². The highest BCUT2D eigenvalue weighted by Gasteiger charge is 2.57. The first-order valence-corrected chi connectivity index (χ1v) is 13.1. The van der Waals surface area contributed by atoms with Gasteiger partial charge in [0.15, 0.2) is 5.82 Å². The Hall–Kier alpha value is -4.58. The van der Waals surface area contributed by atoms with Crippen LogP contribution in [0.25, 0.3) is 0 Å². The maximum Gasteiger partial charge on any atom is 0.323 e. The molecule has 2 fully saturated rings. The molecule has 0 radical (unpaired) electrons. The molecule has 1 aliphatic carbocycles. The molecule has 1 aliphatic heterocycles. The minimum Gasteiger partial charge on any atom is -0.457 e. The van der Waals surface area contributed by atoms with Crippen molar-refractivity contribution < 1.29 is 27.9 Å². The summed E-state index contributed by atoms with van der Waals surface area (Å²) in [5.74, 6) is -2.14. The summed E-state index contributed by atoms with van der Waals surface area (Å²) in [6, 6.07) is 11.9. The van der Waals surface area contributed by atoms with E-state index in [0.29, 0.717) is 24.9 Å². The topological polar surface area (TPSA) is 121 Å². The van der Waals surface area contributed by atoms with E-state index in [1.807, 2.05) is 14.1 Å². The van der Waals surface area contributed by atoms with Gasteiger partial charge in [0.25, 0.3) is 0 Å². The van der Waals surface area contributed by atoms with Crippen LogP contribution >= 0.6 is 0 Å². The van der Waals surface area contributed by atoms with Crippen molar-refractivity contribution in [2.24, 2.45) is 11.1 Å². The van der Waals surface area contributed by atoms with Crippen molar-refractivity contribution >= 4 is 35.0 Å². The van der Waals surface area contributed by atoms with Crippen molar-refractivity contribution in [2.45, 2.75) is 25.3 Å². The molecule has 1 saturated carbocycles. The number of likely N-dealkylation sites (tertiary alicyclic amines) is 1. The van der Waals surface area contributed by atoms with E-state index in [4.69, 9.17) is 10.5 Å². The fraction of sp³-hybridized carbons (Fsp3) is 0.310. The number of amides is 4. The molecule has 0 spiro atoms. The molecule has 2 heterocycles. The summed E-state index contributed by atoms with van der Waals surface area (Å²) >= 11 is 0. The maximum atomic E-state index is 15.5. The summed E-state index contributed by atoms with van der Waals surface area (Å²) in [6.45, 7) is 1.24. The Bertz CT molecular complexity index is 1480. The van der Waals surface area contributed by atoms with Gasteiger partial charge in [-0.2, -0.15) is 0 Å². The number of primary amides is 1. The number of rotatable bonds is 8. The van der Waals surface area contributed by atoms with Gasteiger partial charge in [-0.15, -0.1) is 0 Å². The molecule has 5 rings (SSSR count). The van der Waals surface area contributed by atoms with E-state index in [9.17, 15) is 18.8 Å². The van der Waals surface area contributed by atoms with Crippen molar-refractivity contribution in [1.82, 2.24) is 14.8 Å². The molecule has 0 bridgehead atoms. The fourth-order valence-electron chi connectivity index (χ4n) is 4.81. The number of pyridine rings is 1. The molecule has 2 aliphatic rings. The van der Waals surface area contributed by atoms with Crippen LogP contribution in [0.3, 0.4) is 0 Å². The fourth-order valence-corrected chi connectivity index (χ4v) is 4.81. The third kappa shape index (κ3) is 5.82. The molecule has 41 heavy (non-hydrogen) atoms. The zero-order valence-electron chi connectivity index (χ0n) is 22.6. The monoisotopic (exact) mass is 564 g/mol. The van der Waals surface area contributed by atoms with Crippen molar-refractivity contribution in [3.63, 3.8) is 0 Å². The second-order valence-electron chi connectivity index (χ2n) is 10.4. The zero-order valence-corrected chi connectivity index (χ0v) is 22.6. The lowest BCUT2D eigenvalue weighted by atomic mass is 10.0. The van der Waals surface area contributed by atoms with Gasteiger partial charge in [-0.3, -0.25) is 19.8 Å². The molecule has 10 nitrogen and oxygen atoms in total. The number of carbonyl (C=O) groups excluding carboxylic acids is 3. The minimum absolute atomic E-state index is 0.116. The summed E-state index contributed by atoms with van der Waals surface area (Å²) < 4.78 is 34.9. The Balaban J connectivity index is 1.34. The lowest BCUT2D eigenvalue weighted by Crippen LogP contribution is -2.41. The number of nitrogens with one attached hydrogen (secondary N) is 1. The molecule has 2 aromatic carbocycles. The summed E-state index contributed by atoms with van der Waals surface area (Å²) in [5, 5.41) is 2.76. The average molecular weight is 565 g/mol. The van der Waals surface area contributed by atoms with Crippen LogP contribution in [-0.4, -0.2) is 65.9 Å². The average Bonchev–Trinajstić information content (AvgIpc) is 3.60. The SMILES string of the molecule is CN(C)[C@@H]1CCN(C(=O)Nc2cc(Oc3ccc(N(C(=O)C4(C(N)=O)CC4)c4ccc(F)cc4)c(F)c3)ccn2)C1. The van der Waals surface area contributed by atoms with E-state index in [1.54, 1.807) is 11.0 Å². The second-order valence-corrected chi connectivity index (χ2v) is 10.4. The number of likely N-dealkylation sites (N-methyl/N-ethyl adjacent to an activating group) is 1. The number of hydrogen-bond donors (Lipinski definition) is 2. The number of nitrogens with zero attached hydrogens (tertiary/aromatic N) is 4. The van der Waals surface area contributed by atoms with E-state index < -0.39 is 28.9 Å². The summed E-state index contributed by atoms with van der Waals surface area (Å²) in [4.78, 5) is 47.2. The molecule has 1 atom stereocenters. The highest BCUT2D eigenvalue weighted by atomic mass is 19.1. The number of urea groups is 1. The Morgan fingerprint density at radius 2 is 1.76 bits per heavy atom. The minimum atomic E-state index is -1.43. The molecule has 3 aromatic rings. The lowest BCUT2D eigenvalue weighted by Gasteiger charge is -2.27. The molecule has 4 amide bonds. The van der Waals surface area contributed by atoms with Gasteiger partial charge in [0, 0.05) is 43.1 Å². The number of aromatic nitrogens is 1. The molecule has 12 heteroatoms. The maximum absolute atomic E-state index is 15.5. The highest BCUT2D eigenvalue weighted by Crippen LogP contribution is 2.49. The standard InChI is InChI=1S/C29H30F2N6O4/c1-35(2)20-10-14-36(17-20)28(40)34-25-16-22(9-13-33-25)41-21-7-8-24(23(31)15-21)37(19-5-3-18(30)4-6-19)27(39)29(11-12-29)26(32)38/h3-9,13,15-16,20H,10-12,14,17H2,1-2H3,(H2,32,38)(H,33,34,40)/t20-/m1/s1. The van der Waals surface area contributed by atoms with Gasteiger partial charge in [0.2, 0.25) is 11.8 Å². The molecule has 1 aromatic heterocycles. The number of carbonyl (C=O) groups is 3. The van der Waals surface area contributed by atoms with Crippen LogP contribution in [0, 0.1) is 17.0 Å². The van der Waals surface area contributed by atoms with Crippen LogP contribution < -0.4 is 20.7 Å². The molecular weight excluding hydrogens is 534 g/mol. The molecule has 1 saturated heterocycles. The molecular formula is C29H30F2N6O4. The van der Waals surface area contributed by atoms with Crippen molar-refractivity contribution in [2.75, 3.05) is 37.4 Å². The van der Waals surface area contributed by atoms with Gasteiger partial charge >= 0.3 is 6.03 Å². The normalized spacial score (nSPS) is 17.3. The first kappa shape index (κ1) is 28.0. The number of anilines is 3. The van der Waals surface area contributed by atoms with E-state index in [0.717, 1.165) is 29.5 Å².